The maximum absolute atomic E-state index is 12.2. The third-order valence-electron chi connectivity index (χ3n) is 3.77. The predicted molar refractivity (Wildman–Crippen MR) is 88.9 cm³/mol. The number of nitrogens with one attached hydrogen (secondary N) is 1. The molecule has 0 atom stereocenters. The van der Waals surface area contributed by atoms with Gasteiger partial charge in [-0.25, -0.2) is 0 Å². The lowest BCUT2D eigenvalue weighted by Gasteiger charge is -2.26. The van der Waals surface area contributed by atoms with Crippen LogP contribution in [-0.2, 0) is 0 Å². The molecule has 1 fully saturated rings. The number of ether oxygens (including phenoxy) is 2. The number of nitrogens with zero attached hydrogens (tertiary/aromatic N) is 4. The van der Waals surface area contributed by atoms with Gasteiger partial charge in [-0.15, -0.1) is 13.2 Å². The first-order valence-corrected chi connectivity index (χ1v) is 8.11. The van der Waals surface area contributed by atoms with Crippen molar-refractivity contribution < 1.29 is 22.6 Å². The molecule has 7 nitrogen and oxygen atoms in total. The van der Waals surface area contributed by atoms with Crippen LogP contribution in [0.4, 0.5) is 30.8 Å². The molecule has 0 radical (unpaired) electrons. The Bertz CT molecular complexity index is 734. The van der Waals surface area contributed by atoms with E-state index in [1.165, 1.54) is 37.8 Å². The van der Waals surface area contributed by atoms with Crippen LogP contribution in [0.25, 0.3) is 0 Å². The summed E-state index contributed by atoms with van der Waals surface area (Å²) in [7, 11) is 1.46. The van der Waals surface area contributed by atoms with E-state index >= 15 is 0 Å². The van der Waals surface area contributed by atoms with Crippen LogP contribution in [0.1, 0.15) is 19.3 Å². The van der Waals surface area contributed by atoms with Crippen molar-refractivity contribution in [1.82, 2.24) is 15.0 Å². The van der Waals surface area contributed by atoms with Gasteiger partial charge in [-0.05, 0) is 43.5 Å². The molecule has 0 amide bonds. The summed E-state index contributed by atoms with van der Waals surface area (Å²) in [4.78, 5) is 14.8. The van der Waals surface area contributed by atoms with Crippen LogP contribution in [0.3, 0.4) is 0 Å². The van der Waals surface area contributed by atoms with Crippen molar-refractivity contribution in [3.8, 4) is 11.8 Å². The number of anilines is 3. The van der Waals surface area contributed by atoms with Crippen molar-refractivity contribution in [3.63, 3.8) is 0 Å². The Hall–Kier alpha value is -2.78. The number of benzene rings is 1. The van der Waals surface area contributed by atoms with Gasteiger partial charge in [0.1, 0.15) is 5.75 Å². The van der Waals surface area contributed by atoms with Crippen molar-refractivity contribution in [2.24, 2.45) is 0 Å². The van der Waals surface area contributed by atoms with Crippen LogP contribution in [0.2, 0.25) is 0 Å². The van der Waals surface area contributed by atoms with E-state index in [1.807, 2.05) is 0 Å². The molecule has 0 saturated carbocycles. The van der Waals surface area contributed by atoms with Gasteiger partial charge >= 0.3 is 12.4 Å². The summed E-state index contributed by atoms with van der Waals surface area (Å²) >= 11 is 0. The lowest BCUT2D eigenvalue weighted by Crippen LogP contribution is -2.31. The zero-order valence-corrected chi connectivity index (χ0v) is 14.1. The highest BCUT2D eigenvalue weighted by molar-refractivity contribution is 5.55. The summed E-state index contributed by atoms with van der Waals surface area (Å²) in [6.45, 7) is 1.71. The Morgan fingerprint density at radius 1 is 1.00 bits per heavy atom. The predicted octanol–water partition coefficient (Wildman–Crippen LogP) is 3.51. The molecular weight excluding hydrogens is 351 g/mol. The fourth-order valence-electron chi connectivity index (χ4n) is 2.60. The minimum Gasteiger partial charge on any atom is -0.467 e. The summed E-state index contributed by atoms with van der Waals surface area (Å²) in [5.74, 6) is 0.461. The first-order valence-electron chi connectivity index (χ1n) is 8.11. The van der Waals surface area contributed by atoms with Crippen LogP contribution in [0.5, 0.6) is 11.8 Å². The lowest BCUT2D eigenvalue weighted by atomic mass is 10.1. The number of aromatic nitrogens is 3. The van der Waals surface area contributed by atoms with Crippen molar-refractivity contribution in [2.75, 3.05) is 30.4 Å². The second-order valence-corrected chi connectivity index (χ2v) is 5.69. The lowest BCUT2D eigenvalue weighted by molar-refractivity contribution is -0.274. The summed E-state index contributed by atoms with van der Waals surface area (Å²) in [5.41, 5.74) is 0.511. The minimum atomic E-state index is -4.72. The van der Waals surface area contributed by atoms with Crippen molar-refractivity contribution in [2.45, 2.75) is 25.6 Å². The number of halogens is 3. The molecule has 10 heteroatoms. The molecule has 2 aromatic rings. The van der Waals surface area contributed by atoms with Gasteiger partial charge in [0, 0.05) is 18.8 Å². The first kappa shape index (κ1) is 18.0. The number of hydrogen-bond acceptors (Lipinski definition) is 7. The molecule has 1 aromatic heterocycles. The number of hydrogen-bond donors (Lipinski definition) is 1. The fraction of sp³-hybridized carbons (Fsp3) is 0.438. The normalized spacial score (nSPS) is 14.8. The van der Waals surface area contributed by atoms with E-state index in [-0.39, 0.29) is 17.7 Å². The monoisotopic (exact) mass is 369 g/mol. The van der Waals surface area contributed by atoms with Gasteiger partial charge < -0.3 is 19.7 Å². The van der Waals surface area contributed by atoms with Gasteiger partial charge in [-0.2, -0.15) is 15.0 Å². The molecule has 3 rings (SSSR count). The Morgan fingerprint density at radius 2 is 1.69 bits per heavy atom. The van der Waals surface area contributed by atoms with Crippen LogP contribution in [0, 0.1) is 0 Å². The van der Waals surface area contributed by atoms with E-state index in [0.29, 0.717) is 11.6 Å². The molecular formula is C16H18F3N5O2. The molecule has 0 spiro atoms. The van der Waals surface area contributed by atoms with E-state index in [0.717, 1.165) is 25.9 Å². The summed E-state index contributed by atoms with van der Waals surface area (Å²) in [5, 5.41) is 2.94. The molecule has 0 unspecified atom stereocenters. The number of methoxy groups -OCH3 is 1. The van der Waals surface area contributed by atoms with Crippen molar-refractivity contribution >= 4 is 17.6 Å². The molecule has 1 aliphatic heterocycles. The second-order valence-electron chi connectivity index (χ2n) is 5.69. The Kier molecular flexibility index (Phi) is 5.29. The number of rotatable bonds is 5. The van der Waals surface area contributed by atoms with Gasteiger partial charge in [0.05, 0.1) is 7.11 Å². The van der Waals surface area contributed by atoms with E-state index in [9.17, 15) is 13.2 Å². The van der Waals surface area contributed by atoms with Gasteiger partial charge in [-0.1, -0.05) is 0 Å². The van der Waals surface area contributed by atoms with Crippen LogP contribution < -0.4 is 19.7 Å². The topological polar surface area (TPSA) is 72.4 Å². The zero-order chi connectivity index (χ0) is 18.6. The summed E-state index contributed by atoms with van der Waals surface area (Å²) in [6, 6.07) is 5.47. The third kappa shape index (κ3) is 4.87. The molecule has 1 aromatic carbocycles. The van der Waals surface area contributed by atoms with Gasteiger partial charge in [-0.3, -0.25) is 0 Å². The third-order valence-corrected chi connectivity index (χ3v) is 3.77. The summed E-state index contributed by atoms with van der Waals surface area (Å²) in [6.07, 6.45) is -1.41. The summed E-state index contributed by atoms with van der Waals surface area (Å²) < 4.78 is 45.6. The highest BCUT2D eigenvalue weighted by Crippen LogP contribution is 2.26. The minimum absolute atomic E-state index is 0.167. The molecule has 140 valence electrons. The maximum atomic E-state index is 12.2. The van der Waals surface area contributed by atoms with E-state index in [2.05, 4.69) is 29.9 Å². The maximum Gasteiger partial charge on any atom is 0.573 e. The molecule has 26 heavy (non-hydrogen) atoms. The largest absolute Gasteiger partial charge is 0.573 e. The zero-order valence-electron chi connectivity index (χ0n) is 14.1. The molecule has 1 N–H and O–H groups in total. The van der Waals surface area contributed by atoms with Crippen LogP contribution >= 0.6 is 0 Å². The van der Waals surface area contributed by atoms with Crippen LogP contribution in [-0.4, -0.2) is 41.5 Å². The molecule has 2 heterocycles. The quantitative estimate of drug-likeness (QED) is 0.865. The smallest absolute Gasteiger partial charge is 0.467 e. The Morgan fingerprint density at radius 3 is 2.31 bits per heavy atom. The Balaban J connectivity index is 1.76. The highest BCUT2D eigenvalue weighted by Gasteiger charge is 2.31. The average molecular weight is 369 g/mol. The van der Waals surface area contributed by atoms with E-state index in [4.69, 9.17) is 4.74 Å². The highest BCUT2D eigenvalue weighted by atomic mass is 19.4. The molecule has 0 aliphatic carbocycles. The second kappa shape index (κ2) is 7.63. The van der Waals surface area contributed by atoms with E-state index < -0.39 is 6.36 Å². The molecule has 1 saturated heterocycles. The van der Waals surface area contributed by atoms with E-state index in [1.54, 1.807) is 0 Å². The van der Waals surface area contributed by atoms with Crippen molar-refractivity contribution in [3.05, 3.63) is 24.3 Å². The van der Waals surface area contributed by atoms with Crippen LogP contribution in [0.15, 0.2) is 24.3 Å². The number of piperidine rings is 1. The van der Waals surface area contributed by atoms with Gasteiger partial charge in [0.2, 0.25) is 11.9 Å². The molecule has 0 bridgehead atoms. The average Bonchev–Trinajstić information content (AvgIpc) is 2.62. The fourth-order valence-corrected chi connectivity index (χ4v) is 2.60. The van der Waals surface area contributed by atoms with Gasteiger partial charge in [0.25, 0.3) is 0 Å². The standard InChI is InChI=1S/C16H18F3N5O2/c1-25-15-22-13(21-14(23-15)24-9-3-2-4-10-24)20-11-5-7-12(8-6-11)26-16(17,18)19/h5-8H,2-4,9-10H2,1H3,(H,20,21,22,23). The van der Waals surface area contributed by atoms with Crippen molar-refractivity contribution in [1.29, 1.82) is 0 Å². The first-order chi connectivity index (χ1) is 12.4. The SMILES string of the molecule is COc1nc(Nc2ccc(OC(F)(F)F)cc2)nc(N2CCCCC2)n1. The van der Waals surface area contributed by atoms with Gasteiger partial charge in [0.15, 0.2) is 0 Å². The Labute approximate surface area is 148 Å². The molecule has 1 aliphatic rings. The number of alkyl halides is 3.